The van der Waals surface area contributed by atoms with Gasteiger partial charge >= 0.3 is 6.01 Å². The summed E-state index contributed by atoms with van der Waals surface area (Å²) in [4.78, 5) is 15.1. The van der Waals surface area contributed by atoms with Crippen molar-refractivity contribution in [1.29, 1.82) is 0 Å². The maximum atomic E-state index is 12.8. The molecule has 0 unspecified atom stereocenters. The Labute approximate surface area is 215 Å². The first-order valence-corrected chi connectivity index (χ1v) is 11.7. The third-order valence-corrected chi connectivity index (χ3v) is 4.93. The molecule has 0 aliphatic heterocycles. The highest BCUT2D eigenvalue weighted by molar-refractivity contribution is 9.10. The van der Waals surface area contributed by atoms with Crippen molar-refractivity contribution in [2.45, 2.75) is 13.3 Å². The normalized spacial score (nSPS) is 16.2. The predicted octanol–water partition coefficient (Wildman–Crippen LogP) is 3.57. The SMILES string of the molecule is [2H]c1nc(NS(=O)(=O)NC([2H])([2H])CC)c(-c2c([2H])c([2H])c(Br)c([2H])c2[2H])c(OC([2H])([2H])COc2ncc(Br)cn2)n1. The lowest BCUT2D eigenvalue weighted by molar-refractivity contribution is 0.202. The molecule has 2 heterocycles. The Hall–Kier alpha value is -2.35. The summed E-state index contributed by atoms with van der Waals surface area (Å²) in [5.74, 6) is -1.65. The fourth-order valence-electron chi connectivity index (χ4n) is 2.02. The molecular formula is C19H20Br2N6O4S. The van der Waals surface area contributed by atoms with Crippen molar-refractivity contribution in [1.82, 2.24) is 24.7 Å². The van der Waals surface area contributed by atoms with E-state index >= 15 is 0 Å². The number of hydrogen-bond acceptors (Lipinski definition) is 8. The summed E-state index contributed by atoms with van der Waals surface area (Å²) in [5, 5.41) is 0. The van der Waals surface area contributed by atoms with Gasteiger partial charge in [-0.15, -0.1) is 0 Å². The third kappa shape index (κ3) is 7.08. The largest absolute Gasteiger partial charge is 0.473 e. The van der Waals surface area contributed by atoms with Gasteiger partial charge in [-0.25, -0.2) is 19.9 Å². The minimum absolute atomic E-state index is 0.213. The first-order valence-electron chi connectivity index (χ1n) is 13.1. The van der Waals surface area contributed by atoms with Crippen molar-refractivity contribution >= 4 is 47.9 Å². The third-order valence-electron chi connectivity index (χ3n) is 3.25. The zero-order valence-corrected chi connectivity index (χ0v) is 20.1. The smallest absolute Gasteiger partial charge is 0.316 e. The minimum atomic E-state index is -4.78. The van der Waals surface area contributed by atoms with Gasteiger partial charge in [-0.3, -0.25) is 4.72 Å². The molecule has 0 fully saturated rings. The van der Waals surface area contributed by atoms with Gasteiger partial charge in [0.2, 0.25) is 5.88 Å². The Balaban J connectivity index is 2.19. The van der Waals surface area contributed by atoms with Crippen LogP contribution in [0.3, 0.4) is 0 Å². The second kappa shape index (κ2) is 11.5. The van der Waals surface area contributed by atoms with Gasteiger partial charge in [0.25, 0.3) is 10.2 Å². The number of nitrogens with zero attached hydrogens (tertiary/aromatic N) is 4. The number of aromatic nitrogens is 4. The van der Waals surface area contributed by atoms with Gasteiger partial charge in [-0.2, -0.15) is 13.1 Å². The van der Waals surface area contributed by atoms with E-state index in [-0.39, 0.29) is 16.9 Å². The first-order chi connectivity index (χ1) is 18.9. The molecule has 13 heteroatoms. The predicted molar refractivity (Wildman–Crippen MR) is 127 cm³/mol. The van der Waals surface area contributed by atoms with E-state index in [9.17, 15) is 8.42 Å². The van der Waals surface area contributed by atoms with E-state index in [1.54, 1.807) is 4.72 Å². The number of benzene rings is 1. The zero-order chi connectivity index (χ0) is 30.9. The zero-order valence-electron chi connectivity index (χ0n) is 25.2. The van der Waals surface area contributed by atoms with Crippen LogP contribution in [0.2, 0.25) is 0 Å². The summed E-state index contributed by atoms with van der Waals surface area (Å²) in [5.41, 5.74) is -1.25. The molecule has 3 rings (SSSR count). The van der Waals surface area contributed by atoms with Crippen LogP contribution in [0, 0.1) is 0 Å². The van der Waals surface area contributed by atoms with E-state index in [1.807, 2.05) is 4.72 Å². The summed E-state index contributed by atoms with van der Waals surface area (Å²) in [6.45, 7) is -4.65. The van der Waals surface area contributed by atoms with Crippen LogP contribution < -0.4 is 18.9 Å². The number of ether oxygens (including phenoxy) is 2. The van der Waals surface area contributed by atoms with Crippen LogP contribution in [-0.2, 0) is 10.2 Å². The molecule has 0 atom stereocenters. The van der Waals surface area contributed by atoms with E-state index in [1.165, 1.54) is 19.3 Å². The summed E-state index contributed by atoms with van der Waals surface area (Å²) in [6, 6.07) is -2.78. The van der Waals surface area contributed by atoms with Crippen molar-refractivity contribution in [3.05, 3.63) is 51.8 Å². The molecule has 2 N–H and O–H groups in total. The van der Waals surface area contributed by atoms with Gasteiger partial charge in [0.15, 0.2) is 5.82 Å². The van der Waals surface area contributed by atoms with E-state index in [0.29, 0.717) is 4.47 Å². The molecule has 2 aromatic heterocycles. The second-order valence-electron chi connectivity index (χ2n) is 5.50. The lowest BCUT2D eigenvalue weighted by Crippen LogP contribution is -2.31. The molecule has 3 aromatic rings. The molecule has 32 heavy (non-hydrogen) atoms. The van der Waals surface area contributed by atoms with E-state index < -0.39 is 83.2 Å². The summed E-state index contributed by atoms with van der Waals surface area (Å²) >= 11 is 6.11. The van der Waals surface area contributed by atoms with Crippen molar-refractivity contribution in [3.63, 3.8) is 0 Å². The maximum absolute atomic E-state index is 12.8. The van der Waals surface area contributed by atoms with Gasteiger partial charge in [0.05, 0.1) is 18.3 Å². The highest BCUT2D eigenvalue weighted by Crippen LogP contribution is 2.34. The van der Waals surface area contributed by atoms with E-state index in [4.69, 9.17) is 21.8 Å². The van der Waals surface area contributed by atoms with E-state index in [2.05, 4.69) is 51.8 Å². The number of anilines is 1. The van der Waals surface area contributed by atoms with Crippen LogP contribution in [0.4, 0.5) is 5.82 Å². The van der Waals surface area contributed by atoms with Gasteiger partial charge in [0, 0.05) is 26.1 Å². The molecule has 1 aromatic carbocycles. The number of nitrogens with one attached hydrogen (secondary N) is 2. The number of hydrogen-bond donors (Lipinski definition) is 2. The van der Waals surface area contributed by atoms with Gasteiger partial charge in [0.1, 0.15) is 20.8 Å². The van der Waals surface area contributed by atoms with Crippen LogP contribution >= 0.6 is 31.9 Å². The van der Waals surface area contributed by atoms with Gasteiger partial charge in [-0.1, -0.05) is 34.9 Å². The number of halogens is 2. The van der Waals surface area contributed by atoms with Crippen molar-refractivity contribution in [3.8, 4) is 23.0 Å². The molecule has 0 aliphatic rings. The molecule has 0 saturated heterocycles. The summed E-state index contributed by atoms with van der Waals surface area (Å²) in [6.07, 6.45) is 1.53. The highest BCUT2D eigenvalue weighted by Gasteiger charge is 2.19. The molecule has 0 saturated carbocycles. The lowest BCUT2D eigenvalue weighted by Gasteiger charge is -2.15. The maximum Gasteiger partial charge on any atom is 0.316 e. The molecule has 10 nitrogen and oxygen atoms in total. The molecule has 0 spiro atoms. The van der Waals surface area contributed by atoms with Crippen LogP contribution in [0.1, 0.15) is 25.7 Å². The molecule has 0 bridgehead atoms. The Morgan fingerprint density at radius 1 is 1.06 bits per heavy atom. The molecule has 0 amide bonds. The van der Waals surface area contributed by atoms with Crippen LogP contribution in [0.5, 0.6) is 11.9 Å². The van der Waals surface area contributed by atoms with Gasteiger partial charge < -0.3 is 9.47 Å². The Bertz CT molecular complexity index is 1540. The summed E-state index contributed by atoms with van der Waals surface area (Å²) in [7, 11) is -4.78. The average molecular weight is 597 g/mol. The fraction of sp³-hybridized carbons (Fsp3) is 0.263. The number of rotatable bonds is 11. The molecule has 0 radical (unpaired) electrons. The quantitative estimate of drug-likeness (QED) is 0.344. The standard InChI is InChI=1S/C19H20Br2N6O4S/c1-2-7-26-32(28,29)27-17-16(13-3-5-14(20)6-4-13)18(25-12-24-17)30-8-9-31-19-22-10-15(21)11-23-19/h3-6,10-12,26H,2,7-9H2,1H3,(H,24,25,27)/i3D,4D,5D,6D,7D2,8D2,12D. The first kappa shape index (κ1) is 14.7. The highest BCUT2D eigenvalue weighted by atomic mass is 79.9. The Morgan fingerprint density at radius 2 is 1.78 bits per heavy atom. The lowest BCUT2D eigenvalue weighted by atomic mass is 10.1. The second-order valence-corrected chi connectivity index (χ2v) is 8.62. The Morgan fingerprint density at radius 3 is 2.47 bits per heavy atom. The van der Waals surface area contributed by atoms with Crippen LogP contribution in [-0.4, -0.2) is 48.0 Å². The fourth-order valence-corrected chi connectivity index (χ4v) is 3.21. The van der Waals surface area contributed by atoms with Crippen LogP contribution in [0.15, 0.2) is 51.8 Å². The topological polar surface area (TPSA) is 128 Å². The minimum Gasteiger partial charge on any atom is -0.473 e. The Kier molecular flexibility index (Phi) is 5.29. The monoisotopic (exact) mass is 595 g/mol. The van der Waals surface area contributed by atoms with Crippen molar-refractivity contribution in [2.75, 3.05) is 24.4 Å². The van der Waals surface area contributed by atoms with Crippen LogP contribution in [0.25, 0.3) is 11.1 Å². The van der Waals surface area contributed by atoms with Crippen molar-refractivity contribution < 1.29 is 30.2 Å². The molecule has 0 aliphatic carbocycles. The van der Waals surface area contributed by atoms with Gasteiger partial charge in [-0.05, 0) is 40.0 Å². The molecule has 170 valence electrons. The van der Waals surface area contributed by atoms with Crippen molar-refractivity contribution in [2.24, 2.45) is 0 Å². The average Bonchev–Trinajstić information content (AvgIpc) is 2.86. The summed E-state index contributed by atoms with van der Waals surface area (Å²) < 4.78 is 113. The van der Waals surface area contributed by atoms with E-state index in [0.717, 1.165) is 0 Å². The molecular weight excluding hydrogens is 568 g/mol.